The van der Waals surface area contributed by atoms with Crippen molar-refractivity contribution in [3.8, 4) is 5.75 Å². The summed E-state index contributed by atoms with van der Waals surface area (Å²) in [5.41, 5.74) is 3.20. The van der Waals surface area contributed by atoms with Gasteiger partial charge in [0.1, 0.15) is 5.75 Å². The summed E-state index contributed by atoms with van der Waals surface area (Å²) < 4.78 is 17.4. The zero-order valence-electron chi connectivity index (χ0n) is 30.5. The number of carbonyl (C=O) groups is 2. The fourth-order valence-corrected chi connectivity index (χ4v) is 7.49. The molecule has 2 N–H and O–H groups in total. The molecule has 270 valence electrons. The Morgan fingerprint density at radius 1 is 0.792 bits per heavy atom. The number of aliphatic hydroxyl groups excluding tert-OH is 2. The molecular weight excluding hydrogens is 604 g/mol. The van der Waals surface area contributed by atoms with E-state index in [4.69, 9.17) is 14.2 Å². The summed E-state index contributed by atoms with van der Waals surface area (Å²) in [7, 11) is 0. The Kier molecular flexibility index (Phi) is 16.7. The first-order valence-corrected chi connectivity index (χ1v) is 18.7. The number of unbranched alkanes of at least 4 members (excludes halogenated alkanes) is 2. The van der Waals surface area contributed by atoms with Gasteiger partial charge < -0.3 is 24.4 Å². The van der Waals surface area contributed by atoms with Crippen LogP contribution in [-0.2, 0) is 31.9 Å². The minimum Gasteiger partial charge on any atom is -0.493 e. The van der Waals surface area contributed by atoms with Crippen LogP contribution in [0.5, 0.6) is 5.75 Å². The summed E-state index contributed by atoms with van der Waals surface area (Å²) in [6.45, 7) is 15.1. The molecule has 2 aliphatic carbocycles. The lowest BCUT2D eigenvalue weighted by Gasteiger charge is -2.38. The molecule has 2 saturated carbocycles. The highest BCUT2D eigenvalue weighted by molar-refractivity contribution is 5.87. The molecule has 1 aromatic carbocycles. The van der Waals surface area contributed by atoms with Gasteiger partial charge >= 0.3 is 11.9 Å². The van der Waals surface area contributed by atoms with Crippen molar-refractivity contribution >= 4 is 11.9 Å². The molecular formula is C41H64O7. The summed E-state index contributed by atoms with van der Waals surface area (Å²) in [5.74, 6) is 2.90. The third-order valence-corrected chi connectivity index (χ3v) is 10.9. The van der Waals surface area contributed by atoms with Crippen molar-refractivity contribution in [2.24, 2.45) is 23.2 Å². The highest BCUT2D eigenvalue weighted by atomic mass is 16.5. The van der Waals surface area contributed by atoms with Gasteiger partial charge in [-0.15, -0.1) is 0 Å². The summed E-state index contributed by atoms with van der Waals surface area (Å²) in [5, 5.41) is 19.6. The largest absolute Gasteiger partial charge is 0.493 e. The third-order valence-electron chi connectivity index (χ3n) is 10.9. The van der Waals surface area contributed by atoms with Crippen molar-refractivity contribution in [3.63, 3.8) is 0 Å². The van der Waals surface area contributed by atoms with Crippen molar-refractivity contribution in [1.29, 1.82) is 0 Å². The molecule has 0 aromatic heterocycles. The van der Waals surface area contributed by atoms with E-state index in [-0.39, 0.29) is 26.4 Å². The molecule has 2 fully saturated rings. The number of hydrogen-bond acceptors (Lipinski definition) is 7. The molecule has 3 rings (SSSR count). The lowest BCUT2D eigenvalue weighted by molar-refractivity contribution is -0.139. The minimum absolute atomic E-state index is 0.151. The van der Waals surface area contributed by atoms with Gasteiger partial charge in [-0.3, -0.25) is 0 Å². The number of benzene rings is 1. The van der Waals surface area contributed by atoms with Crippen molar-refractivity contribution in [2.45, 2.75) is 130 Å². The van der Waals surface area contributed by atoms with Crippen LogP contribution in [0.2, 0.25) is 0 Å². The van der Waals surface area contributed by atoms with Crippen LogP contribution in [-0.4, -0.2) is 55.2 Å². The van der Waals surface area contributed by atoms with Gasteiger partial charge in [0, 0.05) is 29.4 Å². The number of esters is 2. The monoisotopic (exact) mass is 668 g/mol. The molecule has 0 aliphatic heterocycles. The first kappa shape index (κ1) is 39.8. The Balaban J connectivity index is 1.79. The van der Waals surface area contributed by atoms with Crippen LogP contribution in [0.15, 0.2) is 36.4 Å². The van der Waals surface area contributed by atoms with Gasteiger partial charge in [-0.05, 0) is 99.2 Å². The second kappa shape index (κ2) is 20.1. The van der Waals surface area contributed by atoms with Crippen molar-refractivity contribution in [3.05, 3.63) is 53.1 Å². The van der Waals surface area contributed by atoms with Crippen LogP contribution in [0.25, 0.3) is 0 Å². The normalized spacial score (nSPS) is 21.4. The molecule has 0 bridgehead atoms. The van der Waals surface area contributed by atoms with Crippen molar-refractivity contribution < 1.29 is 34.0 Å². The number of aliphatic hydroxyl groups is 2. The van der Waals surface area contributed by atoms with Gasteiger partial charge in [0.2, 0.25) is 0 Å². The number of rotatable bonds is 20. The second-order valence-electron chi connectivity index (χ2n) is 15.1. The molecule has 1 aromatic rings. The number of carbonyl (C=O) groups excluding carboxylic acids is 2. The average Bonchev–Trinajstić information content (AvgIpc) is 3.09. The van der Waals surface area contributed by atoms with E-state index >= 15 is 0 Å². The van der Waals surface area contributed by atoms with Crippen LogP contribution in [0.1, 0.15) is 134 Å². The Labute approximate surface area is 290 Å². The minimum atomic E-state index is -0.665. The van der Waals surface area contributed by atoms with Crippen molar-refractivity contribution in [2.75, 3.05) is 33.0 Å². The highest BCUT2D eigenvalue weighted by Crippen LogP contribution is 2.45. The fourth-order valence-electron chi connectivity index (χ4n) is 7.49. The molecule has 7 heteroatoms. The van der Waals surface area contributed by atoms with Gasteiger partial charge in [0.05, 0.1) is 33.0 Å². The Morgan fingerprint density at radius 3 is 1.75 bits per heavy atom. The van der Waals surface area contributed by atoms with Crippen LogP contribution in [0.4, 0.5) is 0 Å². The van der Waals surface area contributed by atoms with E-state index < -0.39 is 17.4 Å². The average molecular weight is 669 g/mol. The van der Waals surface area contributed by atoms with E-state index in [0.29, 0.717) is 48.7 Å². The molecule has 0 spiro atoms. The number of hydrogen-bond donors (Lipinski definition) is 2. The maximum atomic E-state index is 12.2. The Hall–Kier alpha value is -2.64. The first-order chi connectivity index (χ1) is 23.0. The maximum Gasteiger partial charge on any atom is 0.333 e. The van der Waals surface area contributed by atoms with E-state index in [2.05, 4.69) is 32.2 Å². The van der Waals surface area contributed by atoms with E-state index in [9.17, 15) is 19.8 Å². The maximum absolute atomic E-state index is 12.2. The summed E-state index contributed by atoms with van der Waals surface area (Å²) >= 11 is 0. The first-order valence-electron chi connectivity index (χ1n) is 18.7. The van der Waals surface area contributed by atoms with Crippen LogP contribution in [0.3, 0.4) is 0 Å². The highest BCUT2D eigenvalue weighted by Gasteiger charge is 2.32. The molecule has 0 radical (unpaired) electrons. The van der Waals surface area contributed by atoms with Gasteiger partial charge in [-0.1, -0.05) is 77.7 Å². The molecule has 48 heavy (non-hydrogen) atoms. The molecule has 0 atom stereocenters. The lowest BCUT2D eigenvalue weighted by atomic mass is 9.67. The van der Waals surface area contributed by atoms with E-state index in [0.717, 1.165) is 41.7 Å². The van der Waals surface area contributed by atoms with Crippen LogP contribution >= 0.6 is 0 Å². The van der Waals surface area contributed by atoms with E-state index in [1.54, 1.807) is 13.8 Å². The number of ether oxygens (including phenoxy) is 3. The summed E-state index contributed by atoms with van der Waals surface area (Å²) in [4.78, 5) is 24.4. The van der Waals surface area contributed by atoms with Gasteiger partial charge in [-0.25, -0.2) is 9.59 Å². The smallest absolute Gasteiger partial charge is 0.333 e. The summed E-state index contributed by atoms with van der Waals surface area (Å²) in [6.07, 6.45) is 17.3. The zero-order chi connectivity index (χ0) is 35.1. The van der Waals surface area contributed by atoms with Crippen molar-refractivity contribution in [1.82, 2.24) is 0 Å². The van der Waals surface area contributed by atoms with Gasteiger partial charge in [0.25, 0.3) is 0 Å². The predicted octanol–water partition coefficient (Wildman–Crippen LogP) is 8.43. The molecule has 0 heterocycles. The SMILES string of the molecule is C=C(C)C(=O)OCCc1cc(C2CCC(C3CCC(CCCCC)CC3)CC2)cc(CCOC(=O)C(=C)C)c1OCCC(C)(CO)CO. The third kappa shape index (κ3) is 12.4. The van der Waals surface area contributed by atoms with Gasteiger partial charge in [-0.2, -0.15) is 0 Å². The molecule has 2 aliphatic rings. The fraction of sp³-hybridized carbons (Fsp3) is 0.707. The van der Waals surface area contributed by atoms with E-state index in [1.165, 1.54) is 69.8 Å². The topological polar surface area (TPSA) is 102 Å². The quantitative estimate of drug-likeness (QED) is 0.0817. The Bertz CT molecular complexity index is 1130. The summed E-state index contributed by atoms with van der Waals surface area (Å²) in [6, 6.07) is 4.44. The van der Waals surface area contributed by atoms with Crippen LogP contribution in [0, 0.1) is 23.2 Å². The molecule has 0 amide bonds. The molecule has 0 unspecified atom stereocenters. The Morgan fingerprint density at radius 2 is 1.29 bits per heavy atom. The van der Waals surface area contributed by atoms with E-state index in [1.807, 2.05) is 6.92 Å². The predicted molar refractivity (Wildman–Crippen MR) is 192 cm³/mol. The van der Waals surface area contributed by atoms with Crippen LogP contribution < -0.4 is 4.74 Å². The van der Waals surface area contributed by atoms with Gasteiger partial charge in [0.15, 0.2) is 0 Å². The zero-order valence-corrected chi connectivity index (χ0v) is 30.5. The standard InChI is InChI=1S/C41H64O7/c1-7-8-9-10-31-11-13-32(14-12-31)33-15-17-34(18-16-33)37-25-35(19-22-47-39(44)29(2)3)38(46-24-21-41(6,27-42)28-43)36(26-37)20-23-48-40(45)30(4)5/h25-26,31-34,42-43H,2,4,7-24,27-28H2,1,3,5-6H3. The molecule has 7 nitrogen and oxygen atoms in total. The molecule has 0 saturated heterocycles. The second-order valence-corrected chi connectivity index (χ2v) is 15.1. The lowest BCUT2D eigenvalue weighted by Crippen LogP contribution is -2.28.